The number of halogens is 1. The number of carbonyl (C=O) groups excluding carboxylic acids is 1. The quantitative estimate of drug-likeness (QED) is 0.308. The van der Waals surface area contributed by atoms with E-state index in [2.05, 4.69) is 65.3 Å². The molecule has 164 valence electrons. The van der Waals surface area contributed by atoms with E-state index in [0.717, 1.165) is 21.3 Å². The van der Waals surface area contributed by atoms with Gasteiger partial charge in [0.15, 0.2) is 5.82 Å². The fraction of sp³-hybridized carbons (Fsp3) is 0.200. The number of aryl methyl sites for hydroxylation is 3. The van der Waals surface area contributed by atoms with E-state index < -0.39 is 0 Å². The van der Waals surface area contributed by atoms with E-state index in [1.54, 1.807) is 0 Å². The van der Waals surface area contributed by atoms with Crippen LogP contribution in [0.2, 0.25) is 0 Å². The van der Waals surface area contributed by atoms with Crippen LogP contribution >= 0.6 is 27.3 Å². The number of rotatable bonds is 7. The Kier molecular flexibility index (Phi) is 6.77. The molecule has 0 unspecified atom stereocenters. The Morgan fingerprint density at radius 2 is 1.94 bits per heavy atom. The van der Waals surface area contributed by atoms with Crippen molar-refractivity contribution in [3.8, 4) is 5.75 Å². The first-order chi connectivity index (χ1) is 15.4. The van der Waals surface area contributed by atoms with Crippen molar-refractivity contribution in [2.75, 3.05) is 5.32 Å². The fourth-order valence-electron chi connectivity index (χ4n) is 3.27. The largest absolute Gasteiger partial charge is 0.489 e. The van der Waals surface area contributed by atoms with Gasteiger partial charge in [0.2, 0.25) is 0 Å². The molecule has 4 rings (SSSR count). The zero-order valence-electron chi connectivity index (χ0n) is 18.2. The maximum atomic E-state index is 12.7. The van der Waals surface area contributed by atoms with Crippen molar-refractivity contribution in [3.05, 3.63) is 97.3 Å². The number of aromatic nitrogens is 2. The molecule has 2 heterocycles. The third kappa shape index (κ3) is 5.47. The number of amides is 1. The second-order valence-corrected chi connectivity index (χ2v) is 9.59. The molecule has 0 atom stereocenters. The molecule has 0 aliphatic heterocycles. The number of carbonyl (C=O) groups is 1. The van der Waals surface area contributed by atoms with Gasteiger partial charge in [0.05, 0.1) is 15.9 Å². The molecule has 4 aromatic rings. The fourth-order valence-corrected chi connectivity index (χ4v) is 4.48. The van der Waals surface area contributed by atoms with Gasteiger partial charge in [-0.15, -0.1) is 11.3 Å². The highest BCUT2D eigenvalue weighted by atomic mass is 79.9. The van der Waals surface area contributed by atoms with E-state index in [0.29, 0.717) is 23.8 Å². The zero-order chi connectivity index (χ0) is 22.7. The average Bonchev–Trinajstić information content (AvgIpc) is 3.36. The lowest BCUT2D eigenvalue weighted by Gasteiger charge is -2.07. The van der Waals surface area contributed by atoms with Crippen LogP contribution in [0.25, 0.3) is 0 Å². The minimum absolute atomic E-state index is 0.186. The molecule has 5 nitrogen and oxygen atoms in total. The third-order valence-electron chi connectivity index (χ3n) is 5.14. The Bertz CT molecular complexity index is 1260. The van der Waals surface area contributed by atoms with Crippen LogP contribution in [0.4, 0.5) is 5.82 Å². The van der Waals surface area contributed by atoms with Crippen LogP contribution in [-0.4, -0.2) is 15.7 Å². The SMILES string of the molecule is Cc1cccc(Cn2cc(Br)c(NC(=O)c3cc(COc4ccc(C)c(C)c4)cs3)n2)c1. The van der Waals surface area contributed by atoms with Crippen molar-refractivity contribution < 1.29 is 9.53 Å². The lowest BCUT2D eigenvalue weighted by molar-refractivity contribution is 0.103. The van der Waals surface area contributed by atoms with Gasteiger partial charge in [-0.2, -0.15) is 5.10 Å². The Morgan fingerprint density at radius 3 is 2.72 bits per heavy atom. The third-order valence-corrected chi connectivity index (χ3v) is 6.70. The summed E-state index contributed by atoms with van der Waals surface area (Å²) >= 11 is 4.89. The summed E-state index contributed by atoms with van der Waals surface area (Å²) in [7, 11) is 0. The standard InChI is InChI=1S/C25H24BrN3O2S/c1-16-5-4-6-19(9-16)12-29-13-22(26)24(28-29)27-25(30)23-11-20(15-32-23)14-31-21-8-7-17(2)18(3)10-21/h4-11,13,15H,12,14H2,1-3H3,(H,27,28,30). The number of ether oxygens (including phenoxy) is 1. The van der Waals surface area contributed by atoms with Gasteiger partial charge in [-0.25, -0.2) is 0 Å². The predicted octanol–water partition coefficient (Wildman–Crippen LogP) is 6.51. The van der Waals surface area contributed by atoms with Crippen LogP contribution in [0.5, 0.6) is 5.75 Å². The molecule has 0 aliphatic rings. The van der Waals surface area contributed by atoms with Crippen molar-refractivity contribution >= 4 is 39.0 Å². The normalized spacial score (nSPS) is 10.9. The van der Waals surface area contributed by atoms with Crippen molar-refractivity contribution in [2.24, 2.45) is 0 Å². The molecule has 0 saturated heterocycles. The van der Waals surface area contributed by atoms with E-state index in [4.69, 9.17) is 4.74 Å². The summed E-state index contributed by atoms with van der Waals surface area (Å²) in [6.45, 7) is 7.26. The molecule has 0 saturated carbocycles. The predicted molar refractivity (Wildman–Crippen MR) is 133 cm³/mol. The number of thiophene rings is 1. The summed E-state index contributed by atoms with van der Waals surface area (Å²) < 4.78 is 8.43. The van der Waals surface area contributed by atoms with Crippen LogP contribution in [0.15, 0.2) is 64.6 Å². The molecule has 2 aromatic carbocycles. The monoisotopic (exact) mass is 509 g/mol. The van der Waals surface area contributed by atoms with Gasteiger partial charge >= 0.3 is 0 Å². The maximum Gasteiger partial charge on any atom is 0.266 e. The molecule has 1 N–H and O–H groups in total. The van der Waals surface area contributed by atoms with Crippen molar-refractivity contribution in [2.45, 2.75) is 33.9 Å². The summed E-state index contributed by atoms with van der Waals surface area (Å²) in [5, 5.41) is 9.36. The van der Waals surface area contributed by atoms with Crippen LogP contribution in [-0.2, 0) is 13.2 Å². The van der Waals surface area contributed by atoms with Gasteiger partial charge < -0.3 is 10.1 Å². The van der Waals surface area contributed by atoms with E-state index in [9.17, 15) is 4.79 Å². The number of anilines is 1. The van der Waals surface area contributed by atoms with E-state index >= 15 is 0 Å². The average molecular weight is 510 g/mol. The van der Waals surface area contributed by atoms with Crippen LogP contribution in [0.1, 0.15) is 37.5 Å². The number of nitrogens with zero attached hydrogens (tertiary/aromatic N) is 2. The zero-order valence-corrected chi connectivity index (χ0v) is 20.6. The van der Waals surface area contributed by atoms with E-state index in [-0.39, 0.29) is 5.91 Å². The summed E-state index contributed by atoms with van der Waals surface area (Å²) in [4.78, 5) is 13.4. The van der Waals surface area contributed by atoms with Crippen molar-refractivity contribution in [3.63, 3.8) is 0 Å². The lowest BCUT2D eigenvalue weighted by Crippen LogP contribution is -2.11. The van der Waals surface area contributed by atoms with Crippen LogP contribution < -0.4 is 10.1 Å². The molecule has 0 bridgehead atoms. The number of nitrogens with one attached hydrogen (secondary N) is 1. The van der Waals surface area contributed by atoms with Crippen molar-refractivity contribution in [1.82, 2.24) is 9.78 Å². The Labute approximate surface area is 200 Å². The summed E-state index contributed by atoms with van der Waals surface area (Å²) in [5.74, 6) is 1.14. The van der Waals surface area contributed by atoms with Crippen LogP contribution in [0, 0.1) is 20.8 Å². The maximum absolute atomic E-state index is 12.7. The molecule has 1 amide bonds. The van der Waals surface area contributed by atoms with Crippen LogP contribution in [0.3, 0.4) is 0 Å². The number of hydrogen-bond acceptors (Lipinski definition) is 4. The second kappa shape index (κ2) is 9.71. The molecule has 0 spiro atoms. The highest BCUT2D eigenvalue weighted by Gasteiger charge is 2.14. The summed E-state index contributed by atoms with van der Waals surface area (Å²) in [6, 6.07) is 16.2. The second-order valence-electron chi connectivity index (χ2n) is 7.82. The Hall–Kier alpha value is -2.90. The molecule has 0 radical (unpaired) electrons. The first-order valence-corrected chi connectivity index (χ1v) is 11.9. The molecular weight excluding hydrogens is 486 g/mol. The summed E-state index contributed by atoms with van der Waals surface area (Å²) in [6.07, 6.45) is 1.87. The minimum atomic E-state index is -0.186. The van der Waals surface area contributed by atoms with E-state index in [1.165, 1.54) is 28.0 Å². The van der Waals surface area contributed by atoms with Gasteiger partial charge in [0.25, 0.3) is 5.91 Å². The lowest BCUT2D eigenvalue weighted by atomic mass is 10.1. The van der Waals surface area contributed by atoms with Gasteiger partial charge in [0.1, 0.15) is 12.4 Å². The molecular formula is C25H24BrN3O2S. The summed E-state index contributed by atoms with van der Waals surface area (Å²) in [5.41, 5.74) is 5.75. The van der Waals surface area contributed by atoms with Gasteiger partial charge in [-0.05, 0) is 77.0 Å². The first-order valence-electron chi connectivity index (χ1n) is 10.2. The Morgan fingerprint density at radius 1 is 1.09 bits per heavy atom. The number of benzene rings is 2. The molecule has 2 aromatic heterocycles. The molecule has 7 heteroatoms. The topological polar surface area (TPSA) is 56.2 Å². The van der Waals surface area contributed by atoms with Crippen molar-refractivity contribution in [1.29, 1.82) is 0 Å². The molecule has 0 aliphatic carbocycles. The van der Waals surface area contributed by atoms with Gasteiger partial charge in [-0.3, -0.25) is 9.48 Å². The first kappa shape index (κ1) is 22.3. The van der Waals surface area contributed by atoms with Gasteiger partial charge in [-0.1, -0.05) is 35.9 Å². The molecule has 0 fully saturated rings. The highest BCUT2D eigenvalue weighted by molar-refractivity contribution is 9.10. The Balaban J connectivity index is 1.37. The van der Waals surface area contributed by atoms with E-state index in [1.807, 2.05) is 46.6 Å². The minimum Gasteiger partial charge on any atom is -0.489 e. The highest BCUT2D eigenvalue weighted by Crippen LogP contribution is 2.24. The van der Waals surface area contributed by atoms with Gasteiger partial charge in [0, 0.05) is 11.8 Å². The number of hydrogen-bond donors (Lipinski definition) is 1. The molecule has 32 heavy (non-hydrogen) atoms. The smallest absolute Gasteiger partial charge is 0.266 e.